The Morgan fingerprint density at radius 1 is 1.24 bits per heavy atom. The van der Waals surface area contributed by atoms with Crippen LogP contribution in [0.25, 0.3) is 21.3 Å². The first-order valence-corrected chi connectivity index (χ1v) is 10.1. The summed E-state index contributed by atoms with van der Waals surface area (Å²) >= 11 is 3.02. The highest BCUT2D eigenvalue weighted by molar-refractivity contribution is 8.00. The topological polar surface area (TPSA) is 68.9 Å². The number of amides is 1. The molecule has 2 heterocycles. The fourth-order valence-electron chi connectivity index (χ4n) is 2.67. The Labute approximate surface area is 155 Å². The quantitative estimate of drug-likeness (QED) is 0.497. The molecule has 130 valence electrons. The van der Waals surface area contributed by atoms with Crippen LogP contribution in [0.1, 0.15) is 38.7 Å². The van der Waals surface area contributed by atoms with Crippen LogP contribution >= 0.6 is 23.1 Å². The molecule has 0 radical (unpaired) electrons. The second-order valence-electron chi connectivity index (χ2n) is 6.20. The maximum atomic E-state index is 11.6. The molecule has 4 nitrogen and oxygen atoms in total. The highest BCUT2D eigenvalue weighted by Crippen LogP contribution is 2.39. The van der Waals surface area contributed by atoms with E-state index in [0.29, 0.717) is 12.3 Å². The van der Waals surface area contributed by atoms with Crippen molar-refractivity contribution < 1.29 is 4.79 Å². The van der Waals surface area contributed by atoms with Crippen molar-refractivity contribution in [1.82, 2.24) is 9.97 Å². The Balaban J connectivity index is 2.06. The molecule has 0 spiro atoms. The van der Waals surface area contributed by atoms with E-state index in [4.69, 9.17) is 5.73 Å². The largest absolute Gasteiger partial charge is 0.369 e. The lowest BCUT2D eigenvalue weighted by atomic mass is 9.99. The highest BCUT2D eigenvalue weighted by Gasteiger charge is 2.20. The maximum absolute atomic E-state index is 11.6. The molecule has 1 unspecified atom stereocenters. The van der Waals surface area contributed by atoms with Gasteiger partial charge in [-0.1, -0.05) is 56.8 Å². The summed E-state index contributed by atoms with van der Waals surface area (Å²) in [5.74, 6) is 0.195. The van der Waals surface area contributed by atoms with Crippen molar-refractivity contribution in [3.63, 3.8) is 0 Å². The van der Waals surface area contributed by atoms with Gasteiger partial charge >= 0.3 is 0 Å². The second kappa shape index (κ2) is 7.54. The van der Waals surface area contributed by atoms with E-state index in [2.05, 4.69) is 53.5 Å². The number of carbonyl (C=O) groups is 1. The number of hydrogen-bond donors (Lipinski definition) is 1. The molecule has 0 aliphatic heterocycles. The normalized spacial score (nSPS) is 12.6. The highest BCUT2D eigenvalue weighted by atomic mass is 32.2. The molecule has 6 heteroatoms. The van der Waals surface area contributed by atoms with Crippen LogP contribution in [0.5, 0.6) is 0 Å². The molecule has 3 rings (SSSR count). The number of nitrogens with zero attached hydrogens (tertiary/aromatic N) is 2. The van der Waals surface area contributed by atoms with E-state index in [-0.39, 0.29) is 11.2 Å². The molecule has 1 aromatic carbocycles. The average Bonchev–Trinajstić information content (AvgIpc) is 3.04. The Kier molecular flexibility index (Phi) is 5.39. The van der Waals surface area contributed by atoms with Gasteiger partial charge in [-0.15, -0.1) is 11.3 Å². The molecular formula is C19H21N3OS2. The minimum absolute atomic E-state index is 0.283. The summed E-state index contributed by atoms with van der Waals surface area (Å²) in [6, 6.07) is 8.62. The van der Waals surface area contributed by atoms with Gasteiger partial charge in [0.1, 0.15) is 16.2 Å². The third-order valence-corrected chi connectivity index (χ3v) is 6.44. The van der Waals surface area contributed by atoms with Crippen LogP contribution in [0.3, 0.4) is 0 Å². The van der Waals surface area contributed by atoms with Gasteiger partial charge in [-0.2, -0.15) is 0 Å². The molecule has 0 saturated carbocycles. The number of aromatic nitrogens is 2. The summed E-state index contributed by atoms with van der Waals surface area (Å²) in [4.78, 5) is 21.4. The van der Waals surface area contributed by atoms with Crippen LogP contribution < -0.4 is 5.73 Å². The van der Waals surface area contributed by atoms with Crippen LogP contribution in [-0.4, -0.2) is 21.1 Å². The van der Waals surface area contributed by atoms with E-state index < -0.39 is 0 Å². The maximum Gasteiger partial charge on any atom is 0.230 e. The van der Waals surface area contributed by atoms with Gasteiger partial charge in [0.05, 0.1) is 10.6 Å². The van der Waals surface area contributed by atoms with E-state index in [1.54, 1.807) is 17.7 Å². The summed E-state index contributed by atoms with van der Waals surface area (Å²) < 4.78 is 0. The average molecular weight is 372 g/mol. The zero-order valence-corrected chi connectivity index (χ0v) is 16.2. The summed E-state index contributed by atoms with van der Waals surface area (Å²) in [6.45, 7) is 6.33. The van der Waals surface area contributed by atoms with Crippen LogP contribution in [0.4, 0.5) is 0 Å². The van der Waals surface area contributed by atoms with Crippen molar-refractivity contribution in [3.8, 4) is 11.1 Å². The lowest BCUT2D eigenvalue weighted by molar-refractivity contribution is -0.117. The summed E-state index contributed by atoms with van der Waals surface area (Å²) in [7, 11) is 0. The molecule has 0 aliphatic carbocycles. The molecule has 3 aromatic rings. The SMILES string of the molecule is CCC(Sc1ncnc2scc(-c3ccc(C(C)C)cc3)c12)C(N)=O. The molecule has 25 heavy (non-hydrogen) atoms. The molecule has 0 aliphatic rings. The van der Waals surface area contributed by atoms with Gasteiger partial charge in [0, 0.05) is 10.9 Å². The van der Waals surface area contributed by atoms with E-state index in [1.165, 1.54) is 17.3 Å². The zero-order chi connectivity index (χ0) is 18.0. The lowest BCUT2D eigenvalue weighted by Gasteiger charge is -2.11. The van der Waals surface area contributed by atoms with Crippen LogP contribution in [-0.2, 0) is 4.79 Å². The van der Waals surface area contributed by atoms with Gasteiger partial charge < -0.3 is 5.73 Å². The number of rotatable bonds is 6. The Morgan fingerprint density at radius 3 is 2.56 bits per heavy atom. The minimum Gasteiger partial charge on any atom is -0.369 e. The summed E-state index contributed by atoms with van der Waals surface area (Å²) in [6.07, 6.45) is 2.23. The van der Waals surface area contributed by atoms with Gasteiger partial charge in [0.25, 0.3) is 0 Å². The zero-order valence-electron chi connectivity index (χ0n) is 14.5. The first-order chi connectivity index (χ1) is 12.0. The minimum atomic E-state index is -0.308. The van der Waals surface area contributed by atoms with Gasteiger partial charge in [0.2, 0.25) is 5.91 Å². The lowest BCUT2D eigenvalue weighted by Crippen LogP contribution is -2.24. The predicted octanol–water partition coefficient (Wildman–Crippen LogP) is 4.84. The molecule has 0 bridgehead atoms. The molecule has 0 saturated heterocycles. The number of primary amides is 1. The Morgan fingerprint density at radius 2 is 1.96 bits per heavy atom. The van der Waals surface area contributed by atoms with Gasteiger partial charge in [0.15, 0.2) is 0 Å². The number of nitrogens with two attached hydrogens (primary N) is 1. The van der Waals surface area contributed by atoms with Crippen molar-refractivity contribution in [1.29, 1.82) is 0 Å². The van der Waals surface area contributed by atoms with E-state index >= 15 is 0 Å². The first-order valence-electron chi connectivity index (χ1n) is 8.29. The molecule has 0 fully saturated rings. The smallest absolute Gasteiger partial charge is 0.230 e. The Bertz CT molecular complexity index is 887. The molecule has 1 atom stereocenters. The van der Waals surface area contributed by atoms with Crippen molar-refractivity contribution in [2.45, 2.75) is 43.4 Å². The predicted molar refractivity (Wildman–Crippen MR) is 106 cm³/mol. The third-order valence-electron chi connectivity index (χ3n) is 4.17. The number of fused-ring (bicyclic) bond motifs is 1. The molecular weight excluding hydrogens is 350 g/mol. The number of hydrogen-bond acceptors (Lipinski definition) is 5. The number of thioether (sulfide) groups is 1. The monoisotopic (exact) mass is 371 g/mol. The van der Waals surface area contributed by atoms with Crippen LogP contribution in [0.2, 0.25) is 0 Å². The second-order valence-corrected chi connectivity index (χ2v) is 8.25. The number of thiophene rings is 1. The number of benzene rings is 1. The first kappa shape index (κ1) is 17.9. The fraction of sp³-hybridized carbons (Fsp3) is 0.316. The van der Waals surface area contributed by atoms with Gasteiger partial charge in [-0.3, -0.25) is 4.79 Å². The van der Waals surface area contributed by atoms with E-state index in [0.717, 1.165) is 26.4 Å². The van der Waals surface area contributed by atoms with Crippen molar-refractivity contribution in [2.24, 2.45) is 5.73 Å². The van der Waals surface area contributed by atoms with Crippen molar-refractivity contribution in [2.75, 3.05) is 0 Å². The third kappa shape index (κ3) is 3.70. The standard InChI is InChI=1S/C19H21N3OS2/c1-4-15(17(20)23)25-19-16-14(9-24-18(16)21-10-22-19)13-7-5-12(6-8-13)11(2)3/h5-11,15H,4H2,1-3H3,(H2,20,23). The van der Waals surface area contributed by atoms with Gasteiger partial charge in [-0.05, 0) is 23.5 Å². The van der Waals surface area contributed by atoms with Gasteiger partial charge in [-0.25, -0.2) is 9.97 Å². The summed E-state index contributed by atoms with van der Waals surface area (Å²) in [5, 5.41) is 3.66. The Hall–Kier alpha value is -1.92. The molecule has 1 amide bonds. The molecule has 2 N–H and O–H groups in total. The van der Waals surface area contributed by atoms with Crippen molar-refractivity contribution >= 4 is 39.2 Å². The fourth-order valence-corrected chi connectivity index (χ4v) is 4.64. The summed E-state index contributed by atoms with van der Waals surface area (Å²) in [5.41, 5.74) is 9.07. The number of carbonyl (C=O) groups excluding carboxylic acids is 1. The van der Waals surface area contributed by atoms with Crippen molar-refractivity contribution in [3.05, 3.63) is 41.5 Å². The van der Waals surface area contributed by atoms with E-state index in [9.17, 15) is 4.79 Å². The van der Waals surface area contributed by atoms with Crippen LogP contribution in [0.15, 0.2) is 41.0 Å². The molecule has 2 aromatic heterocycles. The van der Waals surface area contributed by atoms with Crippen LogP contribution in [0, 0.1) is 0 Å². The van der Waals surface area contributed by atoms with E-state index in [1.807, 2.05) is 6.92 Å².